The number of carboxylic acid groups (broad SMARTS) is 1. The first kappa shape index (κ1) is 10.8. The van der Waals surface area contributed by atoms with E-state index in [1.807, 2.05) is 25.1 Å². The predicted octanol–water partition coefficient (Wildman–Crippen LogP) is 3.36. The summed E-state index contributed by atoms with van der Waals surface area (Å²) in [5.74, 6) is -0.708. The molecule has 1 aromatic rings. The van der Waals surface area contributed by atoms with Gasteiger partial charge < -0.3 is 5.11 Å². The number of rotatable bonds is 3. The van der Waals surface area contributed by atoms with Crippen LogP contribution in [0.25, 0.3) is 0 Å². The maximum absolute atomic E-state index is 11.0. The van der Waals surface area contributed by atoms with E-state index in [2.05, 4.69) is 0 Å². The van der Waals surface area contributed by atoms with Crippen molar-refractivity contribution in [2.75, 3.05) is 0 Å². The number of hydrogen-bond donors (Lipinski definition) is 1. The third-order valence-corrected chi connectivity index (χ3v) is 4.42. The van der Waals surface area contributed by atoms with Gasteiger partial charge in [0, 0.05) is 9.92 Å². The summed E-state index contributed by atoms with van der Waals surface area (Å²) in [5.41, 5.74) is 0.989. The molecular formula is C11H11ClO2S. The molecule has 0 amide bonds. The zero-order valence-electron chi connectivity index (χ0n) is 8.29. The summed E-state index contributed by atoms with van der Waals surface area (Å²) in [7, 11) is 0. The van der Waals surface area contributed by atoms with Crippen LogP contribution >= 0.6 is 23.4 Å². The van der Waals surface area contributed by atoms with Gasteiger partial charge in [-0.05, 0) is 43.5 Å². The van der Waals surface area contributed by atoms with E-state index < -0.39 is 10.7 Å². The Morgan fingerprint density at radius 2 is 2.20 bits per heavy atom. The van der Waals surface area contributed by atoms with Gasteiger partial charge in [-0.2, -0.15) is 0 Å². The highest BCUT2D eigenvalue weighted by Gasteiger charge is 2.51. The zero-order valence-corrected chi connectivity index (χ0v) is 9.86. The van der Waals surface area contributed by atoms with Crippen LogP contribution in [0, 0.1) is 6.92 Å². The lowest BCUT2D eigenvalue weighted by Gasteiger charge is -2.10. The monoisotopic (exact) mass is 242 g/mol. The molecule has 1 N–H and O–H groups in total. The Labute approximate surface area is 97.6 Å². The molecule has 1 aliphatic rings. The van der Waals surface area contributed by atoms with Crippen LogP contribution in [0.4, 0.5) is 0 Å². The second kappa shape index (κ2) is 3.72. The quantitative estimate of drug-likeness (QED) is 0.883. The van der Waals surface area contributed by atoms with E-state index in [-0.39, 0.29) is 0 Å². The Bertz CT molecular complexity index is 413. The van der Waals surface area contributed by atoms with Crippen LogP contribution in [0.15, 0.2) is 23.1 Å². The molecule has 15 heavy (non-hydrogen) atoms. The molecule has 4 heteroatoms. The Morgan fingerprint density at radius 1 is 1.53 bits per heavy atom. The lowest BCUT2D eigenvalue weighted by molar-refractivity contribution is -0.137. The van der Waals surface area contributed by atoms with Crippen molar-refractivity contribution in [1.82, 2.24) is 0 Å². The molecule has 0 atom stereocenters. The van der Waals surface area contributed by atoms with E-state index >= 15 is 0 Å². The maximum Gasteiger partial charge on any atom is 0.320 e. The van der Waals surface area contributed by atoms with Crippen molar-refractivity contribution in [1.29, 1.82) is 0 Å². The van der Waals surface area contributed by atoms with Crippen molar-refractivity contribution >= 4 is 29.3 Å². The van der Waals surface area contributed by atoms with Crippen LogP contribution in [0.5, 0.6) is 0 Å². The molecule has 0 spiro atoms. The van der Waals surface area contributed by atoms with Gasteiger partial charge in [0.15, 0.2) is 0 Å². The highest BCUT2D eigenvalue weighted by Crippen LogP contribution is 2.52. The molecular weight excluding hydrogens is 232 g/mol. The fourth-order valence-electron chi connectivity index (χ4n) is 1.38. The van der Waals surface area contributed by atoms with E-state index in [4.69, 9.17) is 16.7 Å². The van der Waals surface area contributed by atoms with Gasteiger partial charge in [0.2, 0.25) is 0 Å². The minimum Gasteiger partial charge on any atom is -0.480 e. The number of halogens is 1. The van der Waals surface area contributed by atoms with Gasteiger partial charge in [-0.25, -0.2) is 0 Å². The van der Waals surface area contributed by atoms with Crippen LogP contribution in [0.3, 0.4) is 0 Å². The molecule has 1 saturated carbocycles. The van der Waals surface area contributed by atoms with Crippen molar-refractivity contribution in [3.63, 3.8) is 0 Å². The fourth-order valence-corrected chi connectivity index (χ4v) is 2.71. The van der Waals surface area contributed by atoms with E-state index in [1.54, 1.807) is 0 Å². The van der Waals surface area contributed by atoms with Crippen molar-refractivity contribution in [2.45, 2.75) is 29.4 Å². The summed E-state index contributed by atoms with van der Waals surface area (Å²) in [6.45, 7) is 1.92. The lowest BCUT2D eigenvalue weighted by atomic mass is 10.2. The number of carbonyl (C=O) groups is 1. The molecule has 1 aromatic carbocycles. The molecule has 1 fully saturated rings. The Balaban J connectivity index is 2.18. The first-order valence-corrected chi connectivity index (χ1v) is 5.91. The number of aliphatic carboxylic acids is 1. The highest BCUT2D eigenvalue weighted by atomic mass is 35.5. The normalized spacial score (nSPS) is 17.5. The Hall–Kier alpha value is -0.670. The summed E-state index contributed by atoms with van der Waals surface area (Å²) >= 11 is 7.33. The molecule has 0 heterocycles. The van der Waals surface area contributed by atoms with Crippen LogP contribution in [-0.4, -0.2) is 15.8 Å². The van der Waals surface area contributed by atoms with Gasteiger partial charge in [-0.1, -0.05) is 11.6 Å². The molecule has 0 unspecified atom stereocenters. The van der Waals surface area contributed by atoms with Gasteiger partial charge in [0.1, 0.15) is 4.75 Å². The largest absolute Gasteiger partial charge is 0.480 e. The SMILES string of the molecule is Cc1cc(SC2(C(=O)O)CC2)ccc1Cl. The molecule has 1 aliphatic carbocycles. The summed E-state index contributed by atoms with van der Waals surface area (Å²) in [4.78, 5) is 12.0. The van der Waals surface area contributed by atoms with Crippen LogP contribution in [0.1, 0.15) is 18.4 Å². The average molecular weight is 243 g/mol. The number of thioether (sulfide) groups is 1. The van der Waals surface area contributed by atoms with Gasteiger partial charge in [0.25, 0.3) is 0 Å². The van der Waals surface area contributed by atoms with E-state index in [9.17, 15) is 4.79 Å². The minimum atomic E-state index is -0.708. The van der Waals surface area contributed by atoms with E-state index in [1.165, 1.54) is 11.8 Å². The molecule has 2 rings (SSSR count). The van der Waals surface area contributed by atoms with Gasteiger partial charge in [-0.15, -0.1) is 11.8 Å². The lowest BCUT2D eigenvalue weighted by Crippen LogP contribution is -2.17. The van der Waals surface area contributed by atoms with E-state index in [0.717, 1.165) is 28.3 Å². The fraction of sp³-hybridized carbons (Fsp3) is 0.364. The second-order valence-electron chi connectivity index (χ2n) is 3.81. The van der Waals surface area contributed by atoms with Crippen LogP contribution in [0.2, 0.25) is 5.02 Å². The summed E-state index contributed by atoms with van der Waals surface area (Å²) in [5, 5.41) is 9.76. The summed E-state index contributed by atoms with van der Waals surface area (Å²) in [6, 6.07) is 5.64. The first-order valence-electron chi connectivity index (χ1n) is 4.72. The first-order chi connectivity index (χ1) is 7.03. The third-order valence-electron chi connectivity index (χ3n) is 2.54. The molecule has 0 saturated heterocycles. The topological polar surface area (TPSA) is 37.3 Å². The van der Waals surface area contributed by atoms with Crippen molar-refractivity contribution in [3.05, 3.63) is 28.8 Å². The van der Waals surface area contributed by atoms with Crippen molar-refractivity contribution < 1.29 is 9.90 Å². The molecule has 0 bridgehead atoms. The van der Waals surface area contributed by atoms with Crippen LogP contribution < -0.4 is 0 Å². The van der Waals surface area contributed by atoms with Gasteiger partial charge >= 0.3 is 5.97 Å². The molecule has 0 radical (unpaired) electrons. The van der Waals surface area contributed by atoms with Gasteiger partial charge in [-0.3, -0.25) is 4.79 Å². The van der Waals surface area contributed by atoms with Gasteiger partial charge in [0.05, 0.1) is 0 Å². The zero-order chi connectivity index (χ0) is 11.1. The predicted molar refractivity (Wildman–Crippen MR) is 61.6 cm³/mol. The number of carboxylic acids is 1. The van der Waals surface area contributed by atoms with E-state index in [0.29, 0.717) is 0 Å². The Morgan fingerprint density at radius 3 is 2.67 bits per heavy atom. The number of benzene rings is 1. The molecule has 0 aromatic heterocycles. The highest BCUT2D eigenvalue weighted by molar-refractivity contribution is 8.01. The Kier molecular flexibility index (Phi) is 2.69. The third kappa shape index (κ3) is 2.13. The summed E-state index contributed by atoms with van der Waals surface area (Å²) in [6.07, 6.45) is 1.52. The molecule has 2 nitrogen and oxygen atoms in total. The number of hydrogen-bond acceptors (Lipinski definition) is 2. The molecule has 80 valence electrons. The second-order valence-corrected chi connectivity index (χ2v) is 5.68. The summed E-state index contributed by atoms with van der Waals surface area (Å²) < 4.78 is -0.569. The smallest absolute Gasteiger partial charge is 0.320 e. The maximum atomic E-state index is 11.0. The van der Waals surface area contributed by atoms with Crippen LogP contribution in [-0.2, 0) is 4.79 Å². The minimum absolute atomic E-state index is 0.569. The number of aryl methyl sites for hydroxylation is 1. The molecule has 0 aliphatic heterocycles. The standard InChI is InChI=1S/C11H11ClO2S/c1-7-6-8(2-3-9(7)12)15-11(4-5-11)10(13)14/h2-3,6H,4-5H2,1H3,(H,13,14). The van der Waals surface area contributed by atoms with Crippen molar-refractivity contribution in [2.24, 2.45) is 0 Å². The average Bonchev–Trinajstić information content (AvgIpc) is 2.93. The van der Waals surface area contributed by atoms with Crippen molar-refractivity contribution in [3.8, 4) is 0 Å².